The molecule has 3 aromatic rings. The average Bonchev–Trinajstić information content (AvgIpc) is 3.33. The number of rotatable bonds is 6. The summed E-state index contributed by atoms with van der Waals surface area (Å²) in [4.78, 5) is 0. The minimum Gasteiger partial charge on any atom is -0.497 e. The van der Waals surface area contributed by atoms with E-state index in [0.29, 0.717) is 17.2 Å². The van der Waals surface area contributed by atoms with Crippen LogP contribution in [-0.2, 0) is 0 Å². The number of methoxy groups -OCH3 is 4. The topological polar surface area (TPSA) is 61.8 Å². The monoisotopic (exact) mass is 446 g/mol. The first kappa shape index (κ1) is 21.0. The Morgan fingerprint density at radius 2 is 1.64 bits per heavy atom. The van der Waals surface area contributed by atoms with Gasteiger partial charge in [-0.2, -0.15) is 5.10 Å². The van der Waals surface area contributed by atoms with E-state index in [1.165, 1.54) is 0 Å². The van der Waals surface area contributed by atoms with Gasteiger partial charge >= 0.3 is 0 Å². The highest BCUT2D eigenvalue weighted by atomic mass is 16.5. The molecule has 7 nitrogen and oxygen atoms in total. The number of ether oxygens (including phenoxy) is 5. The molecule has 0 aliphatic carbocycles. The predicted molar refractivity (Wildman–Crippen MR) is 125 cm³/mol. The maximum absolute atomic E-state index is 6.49. The molecule has 33 heavy (non-hydrogen) atoms. The second-order valence-electron chi connectivity index (χ2n) is 7.81. The first-order valence-electron chi connectivity index (χ1n) is 10.7. The highest BCUT2D eigenvalue weighted by Gasteiger charge is 2.42. The fourth-order valence-electron chi connectivity index (χ4n) is 4.54. The van der Waals surface area contributed by atoms with Gasteiger partial charge in [-0.15, -0.1) is 0 Å². The lowest BCUT2D eigenvalue weighted by Gasteiger charge is -2.38. The SMILES string of the molecule is COc1cccc(C2=NN3[C@@H](c4ccc(OC)c(OC)c4OC)Oc4ccccc4[C@@H]3C2)c1. The fourth-order valence-corrected chi connectivity index (χ4v) is 4.54. The molecule has 0 saturated carbocycles. The molecular weight excluding hydrogens is 420 g/mol. The van der Waals surface area contributed by atoms with Crippen molar-refractivity contribution < 1.29 is 23.7 Å². The summed E-state index contributed by atoms with van der Waals surface area (Å²) in [5, 5.41) is 7.04. The van der Waals surface area contributed by atoms with Gasteiger partial charge in [0, 0.05) is 17.5 Å². The second-order valence-corrected chi connectivity index (χ2v) is 7.81. The van der Waals surface area contributed by atoms with E-state index < -0.39 is 6.23 Å². The zero-order chi connectivity index (χ0) is 22.9. The van der Waals surface area contributed by atoms with E-state index in [1.54, 1.807) is 28.4 Å². The van der Waals surface area contributed by atoms with Gasteiger partial charge in [0.1, 0.15) is 11.5 Å². The van der Waals surface area contributed by atoms with Crippen LogP contribution >= 0.6 is 0 Å². The summed E-state index contributed by atoms with van der Waals surface area (Å²) in [6, 6.07) is 19.9. The van der Waals surface area contributed by atoms with Crippen molar-refractivity contribution in [2.24, 2.45) is 5.10 Å². The molecule has 2 aliphatic heterocycles. The molecule has 0 bridgehead atoms. The Morgan fingerprint density at radius 3 is 2.39 bits per heavy atom. The Hall–Kier alpha value is -3.87. The van der Waals surface area contributed by atoms with Crippen LogP contribution in [0, 0.1) is 0 Å². The normalized spacial score (nSPS) is 18.5. The van der Waals surface area contributed by atoms with Crippen LogP contribution in [0.15, 0.2) is 65.8 Å². The van der Waals surface area contributed by atoms with Crippen molar-refractivity contribution in [1.82, 2.24) is 5.01 Å². The second kappa shape index (κ2) is 8.58. The largest absolute Gasteiger partial charge is 0.497 e. The van der Waals surface area contributed by atoms with Crippen LogP contribution in [0.2, 0.25) is 0 Å². The van der Waals surface area contributed by atoms with Crippen LogP contribution in [0.3, 0.4) is 0 Å². The first-order chi connectivity index (χ1) is 16.2. The minimum absolute atomic E-state index is 0.0268. The highest BCUT2D eigenvalue weighted by Crippen LogP contribution is 2.51. The minimum atomic E-state index is -0.497. The maximum Gasteiger partial charge on any atom is 0.217 e. The molecule has 5 rings (SSSR count). The third-order valence-electron chi connectivity index (χ3n) is 6.10. The molecule has 0 amide bonds. The van der Waals surface area contributed by atoms with Crippen molar-refractivity contribution >= 4 is 5.71 Å². The van der Waals surface area contributed by atoms with Gasteiger partial charge in [-0.1, -0.05) is 30.3 Å². The van der Waals surface area contributed by atoms with Crippen LogP contribution in [-0.4, -0.2) is 39.2 Å². The van der Waals surface area contributed by atoms with E-state index in [2.05, 4.69) is 12.1 Å². The summed E-state index contributed by atoms with van der Waals surface area (Å²) in [5.74, 6) is 3.31. The Bertz CT molecular complexity index is 1210. The van der Waals surface area contributed by atoms with E-state index in [4.69, 9.17) is 28.8 Å². The average molecular weight is 447 g/mol. The van der Waals surface area contributed by atoms with Crippen molar-refractivity contribution in [2.45, 2.75) is 18.7 Å². The summed E-state index contributed by atoms with van der Waals surface area (Å²) >= 11 is 0. The van der Waals surface area contributed by atoms with Crippen molar-refractivity contribution in [3.63, 3.8) is 0 Å². The molecule has 0 radical (unpaired) electrons. The lowest BCUT2D eigenvalue weighted by atomic mass is 9.95. The third kappa shape index (κ3) is 3.50. The smallest absolute Gasteiger partial charge is 0.217 e. The van der Waals surface area contributed by atoms with Crippen LogP contribution in [0.5, 0.6) is 28.7 Å². The molecule has 0 saturated heterocycles. The number of hydrazone groups is 1. The molecule has 170 valence electrons. The summed E-state index contributed by atoms with van der Waals surface area (Å²) in [7, 11) is 6.48. The third-order valence-corrected chi connectivity index (χ3v) is 6.10. The van der Waals surface area contributed by atoms with E-state index in [0.717, 1.165) is 40.3 Å². The lowest BCUT2D eigenvalue weighted by molar-refractivity contribution is -0.0205. The van der Waals surface area contributed by atoms with Gasteiger partial charge in [-0.05, 0) is 30.3 Å². The molecule has 0 fully saturated rings. The molecule has 0 spiro atoms. The summed E-state index contributed by atoms with van der Waals surface area (Å²) < 4.78 is 28.8. The maximum atomic E-state index is 6.49. The van der Waals surface area contributed by atoms with Crippen molar-refractivity contribution in [2.75, 3.05) is 28.4 Å². The van der Waals surface area contributed by atoms with E-state index in [1.807, 2.05) is 53.5 Å². The summed E-state index contributed by atoms with van der Waals surface area (Å²) in [6.45, 7) is 0. The van der Waals surface area contributed by atoms with Crippen molar-refractivity contribution in [3.8, 4) is 28.7 Å². The van der Waals surface area contributed by atoms with Crippen LogP contribution < -0.4 is 23.7 Å². The van der Waals surface area contributed by atoms with Gasteiger partial charge in [0.15, 0.2) is 11.5 Å². The van der Waals surface area contributed by atoms with Gasteiger partial charge in [-0.25, -0.2) is 5.01 Å². The van der Waals surface area contributed by atoms with Crippen LogP contribution in [0.1, 0.15) is 35.4 Å². The molecule has 0 N–H and O–H groups in total. The zero-order valence-electron chi connectivity index (χ0n) is 19.1. The Morgan fingerprint density at radius 1 is 0.818 bits per heavy atom. The molecule has 2 aliphatic rings. The van der Waals surface area contributed by atoms with Gasteiger partial charge in [0.2, 0.25) is 12.0 Å². The number of benzene rings is 3. The summed E-state index contributed by atoms with van der Waals surface area (Å²) in [6.07, 6.45) is 0.252. The fraction of sp³-hybridized carbons (Fsp3) is 0.269. The molecule has 2 atom stereocenters. The highest BCUT2D eigenvalue weighted by molar-refractivity contribution is 6.02. The van der Waals surface area contributed by atoms with Gasteiger partial charge < -0.3 is 23.7 Å². The number of hydrogen-bond acceptors (Lipinski definition) is 7. The molecule has 0 unspecified atom stereocenters. The zero-order valence-corrected chi connectivity index (χ0v) is 19.1. The molecule has 2 heterocycles. The van der Waals surface area contributed by atoms with Gasteiger partial charge in [0.05, 0.1) is 45.8 Å². The molecule has 7 heteroatoms. The van der Waals surface area contributed by atoms with Crippen molar-refractivity contribution in [1.29, 1.82) is 0 Å². The number of hydrogen-bond donors (Lipinski definition) is 0. The quantitative estimate of drug-likeness (QED) is 0.533. The van der Waals surface area contributed by atoms with E-state index >= 15 is 0 Å². The Balaban J connectivity index is 1.63. The standard InChI is InChI=1S/C26H26N2O5/c1-29-17-9-7-8-16(14-17)20-15-21-18-10-5-6-11-22(18)33-26(28(21)27-20)19-12-13-23(30-2)25(32-4)24(19)31-3/h5-14,21,26H,15H2,1-4H3/t21-,26+/m0/s1. The molecule has 3 aromatic carbocycles. The molecule has 0 aromatic heterocycles. The number of nitrogens with zero attached hydrogens (tertiary/aromatic N) is 2. The van der Waals surface area contributed by atoms with Crippen LogP contribution in [0.25, 0.3) is 0 Å². The number of fused-ring (bicyclic) bond motifs is 3. The van der Waals surface area contributed by atoms with Crippen LogP contribution in [0.4, 0.5) is 0 Å². The van der Waals surface area contributed by atoms with E-state index in [-0.39, 0.29) is 6.04 Å². The number of para-hydroxylation sites is 1. The lowest BCUT2D eigenvalue weighted by Crippen LogP contribution is -2.34. The van der Waals surface area contributed by atoms with Crippen molar-refractivity contribution in [3.05, 3.63) is 77.4 Å². The molecular formula is C26H26N2O5. The van der Waals surface area contributed by atoms with Gasteiger partial charge in [-0.3, -0.25) is 0 Å². The predicted octanol–water partition coefficient (Wildman–Crippen LogP) is 4.96. The summed E-state index contributed by atoms with van der Waals surface area (Å²) in [5.41, 5.74) is 3.92. The Labute approximate surface area is 193 Å². The first-order valence-corrected chi connectivity index (χ1v) is 10.7. The Kier molecular flexibility index (Phi) is 5.46. The van der Waals surface area contributed by atoms with Gasteiger partial charge in [0.25, 0.3) is 0 Å². The van der Waals surface area contributed by atoms with E-state index in [9.17, 15) is 0 Å².